The van der Waals surface area contributed by atoms with E-state index in [9.17, 15) is 0 Å². The Kier molecular flexibility index (Phi) is 3.44. The van der Waals surface area contributed by atoms with Gasteiger partial charge in [-0.1, -0.05) is 0 Å². The van der Waals surface area contributed by atoms with Gasteiger partial charge in [0.25, 0.3) is 0 Å². The quantitative estimate of drug-likeness (QED) is 0.867. The molecule has 0 atom stereocenters. The normalized spacial score (nSPS) is 11.5. The summed E-state index contributed by atoms with van der Waals surface area (Å²) in [5.74, 6) is 1.53. The summed E-state index contributed by atoms with van der Waals surface area (Å²) in [4.78, 5) is 8.31. The molecule has 1 aromatic rings. The van der Waals surface area contributed by atoms with E-state index < -0.39 is 0 Å². The van der Waals surface area contributed by atoms with Crippen LogP contribution in [-0.4, -0.2) is 22.1 Å². The molecule has 1 heterocycles. The smallest absolute Gasteiger partial charge is 0.144 e. The second-order valence-electron chi connectivity index (χ2n) is 3.96. The molecule has 4 nitrogen and oxygen atoms in total. The number of aromatic nitrogens is 2. The van der Waals surface area contributed by atoms with Gasteiger partial charge in [-0.05, 0) is 36.7 Å². The minimum atomic E-state index is -0.252. The van der Waals surface area contributed by atoms with Crippen LogP contribution in [0.2, 0.25) is 0 Å². The lowest BCUT2D eigenvalue weighted by atomic mass is 10.1. The van der Waals surface area contributed by atoms with E-state index in [0.717, 1.165) is 16.1 Å². The van der Waals surface area contributed by atoms with E-state index in [1.807, 2.05) is 20.8 Å². The van der Waals surface area contributed by atoms with Crippen molar-refractivity contribution in [3.05, 3.63) is 16.5 Å². The van der Waals surface area contributed by atoms with Gasteiger partial charge in [-0.2, -0.15) is 0 Å². The molecule has 0 aliphatic rings. The lowest BCUT2D eigenvalue weighted by Crippen LogP contribution is -2.39. The summed E-state index contributed by atoms with van der Waals surface area (Å²) in [6.45, 7) is 6.44. The van der Waals surface area contributed by atoms with Gasteiger partial charge in [0.2, 0.25) is 0 Å². The van der Waals surface area contributed by atoms with Crippen molar-refractivity contribution in [2.45, 2.75) is 26.3 Å². The number of nitrogens with one attached hydrogen (secondary N) is 1. The monoisotopic (exact) mass is 258 g/mol. The van der Waals surface area contributed by atoms with E-state index in [2.05, 4.69) is 31.2 Å². The van der Waals surface area contributed by atoms with Gasteiger partial charge in [-0.25, -0.2) is 9.97 Å². The summed E-state index contributed by atoms with van der Waals surface area (Å²) in [6.07, 6.45) is 1.73. The molecule has 0 saturated carbocycles. The number of nitrogens with zero attached hydrogens (tertiary/aromatic N) is 2. The minimum absolute atomic E-state index is 0.252. The second kappa shape index (κ2) is 4.23. The van der Waals surface area contributed by atoms with Gasteiger partial charge in [0.05, 0.1) is 4.47 Å². The predicted molar refractivity (Wildman–Crippen MR) is 61.2 cm³/mol. The van der Waals surface area contributed by atoms with Crippen molar-refractivity contribution < 1.29 is 0 Å². The van der Waals surface area contributed by atoms with Crippen LogP contribution in [0.1, 0.15) is 19.7 Å². The Labute approximate surface area is 92.5 Å². The molecule has 0 unspecified atom stereocenters. The Morgan fingerprint density at radius 1 is 1.57 bits per heavy atom. The zero-order chi connectivity index (χ0) is 10.8. The average Bonchev–Trinajstić information content (AvgIpc) is 2.05. The van der Waals surface area contributed by atoms with Gasteiger partial charge in [0.1, 0.15) is 11.6 Å². The second-order valence-corrected chi connectivity index (χ2v) is 4.81. The van der Waals surface area contributed by atoms with Crippen LogP contribution in [0, 0.1) is 6.92 Å². The van der Waals surface area contributed by atoms with Crippen LogP contribution in [0.25, 0.3) is 0 Å². The van der Waals surface area contributed by atoms with Gasteiger partial charge < -0.3 is 11.1 Å². The molecule has 0 aliphatic heterocycles. The highest BCUT2D eigenvalue weighted by molar-refractivity contribution is 9.10. The van der Waals surface area contributed by atoms with E-state index in [0.29, 0.717) is 6.54 Å². The Morgan fingerprint density at radius 3 is 2.79 bits per heavy atom. The van der Waals surface area contributed by atoms with Crippen LogP contribution in [0.4, 0.5) is 5.82 Å². The number of hydrogen-bond acceptors (Lipinski definition) is 4. The van der Waals surface area contributed by atoms with E-state index in [1.165, 1.54) is 0 Å². The Hall–Kier alpha value is -0.680. The molecule has 0 saturated heterocycles. The lowest BCUT2D eigenvalue weighted by Gasteiger charge is -2.19. The van der Waals surface area contributed by atoms with Crippen molar-refractivity contribution >= 4 is 21.7 Å². The van der Waals surface area contributed by atoms with Crippen molar-refractivity contribution in [3.63, 3.8) is 0 Å². The third kappa shape index (κ3) is 3.59. The fraction of sp³-hybridized carbons (Fsp3) is 0.556. The minimum Gasteiger partial charge on any atom is -0.367 e. The molecule has 0 radical (unpaired) electrons. The molecule has 0 amide bonds. The fourth-order valence-corrected chi connectivity index (χ4v) is 1.22. The SMILES string of the molecule is Cc1ncc(Br)c(NCC(C)(C)N)n1. The number of anilines is 1. The van der Waals surface area contributed by atoms with Gasteiger partial charge >= 0.3 is 0 Å². The molecule has 3 N–H and O–H groups in total. The first kappa shape index (κ1) is 11.4. The molecule has 0 spiro atoms. The number of rotatable bonds is 3. The van der Waals surface area contributed by atoms with Crippen molar-refractivity contribution in [3.8, 4) is 0 Å². The summed E-state index contributed by atoms with van der Waals surface area (Å²) in [5.41, 5.74) is 5.60. The Balaban J connectivity index is 2.72. The number of hydrogen-bond donors (Lipinski definition) is 2. The van der Waals surface area contributed by atoms with Crippen molar-refractivity contribution in [1.29, 1.82) is 0 Å². The third-order valence-corrected chi connectivity index (χ3v) is 2.16. The maximum absolute atomic E-state index is 5.85. The van der Waals surface area contributed by atoms with Gasteiger partial charge in [-0.3, -0.25) is 0 Å². The van der Waals surface area contributed by atoms with Crippen LogP contribution in [0.3, 0.4) is 0 Å². The van der Waals surface area contributed by atoms with Crippen LogP contribution in [0.15, 0.2) is 10.7 Å². The highest BCUT2D eigenvalue weighted by Crippen LogP contribution is 2.18. The Morgan fingerprint density at radius 2 is 2.21 bits per heavy atom. The van der Waals surface area contributed by atoms with E-state index in [1.54, 1.807) is 6.20 Å². The molecular weight excluding hydrogens is 244 g/mol. The number of nitrogens with two attached hydrogens (primary N) is 1. The van der Waals surface area contributed by atoms with Crippen LogP contribution in [0.5, 0.6) is 0 Å². The summed E-state index contributed by atoms with van der Waals surface area (Å²) >= 11 is 3.37. The van der Waals surface area contributed by atoms with Gasteiger partial charge in [-0.15, -0.1) is 0 Å². The predicted octanol–water partition coefficient (Wildman–Crippen LogP) is 1.70. The molecule has 78 valence electrons. The van der Waals surface area contributed by atoms with Gasteiger partial charge in [0, 0.05) is 18.3 Å². The van der Waals surface area contributed by atoms with E-state index in [4.69, 9.17) is 5.73 Å². The Bertz CT molecular complexity index is 319. The standard InChI is InChI=1S/C9H15BrN4/c1-6-12-4-7(10)8(14-6)13-5-9(2,3)11/h4H,5,11H2,1-3H3,(H,12,13,14). The fourth-order valence-electron chi connectivity index (χ4n) is 0.891. The first-order chi connectivity index (χ1) is 6.38. The summed E-state index contributed by atoms with van der Waals surface area (Å²) in [6, 6.07) is 0. The van der Waals surface area contributed by atoms with E-state index in [-0.39, 0.29) is 5.54 Å². The van der Waals surface area contributed by atoms with Crippen molar-refractivity contribution in [1.82, 2.24) is 9.97 Å². The molecule has 0 fully saturated rings. The molecular formula is C9H15BrN4. The molecule has 1 rings (SSSR count). The third-order valence-electron chi connectivity index (χ3n) is 1.58. The molecule has 1 aromatic heterocycles. The topological polar surface area (TPSA) is 63.8 Å². The summed E-state index contributed by atoms with van der Waals surface area (Å²) in [5, 5.41) is 3.17. The molecule has 0 aromatic carbocycles. The molecule has 0 aliphatic carbocycles. The highest BCUT2D eigenvalue weighted by atomic mass is 79.9. The summed E-state index contributed by atoms with van der Waals surface area (Å²) < 4.78 is 0.854. The number of aryl methyl sites for hydroxylation is 1. The first-order valence-corrected chi connectivity index (χ1v) is 5.20. The zero-order valence-corrected chi connectivity index (χ0v) is 10.2. The lowest BCUT2D eigenvalue weighted by molar-refractivity contribution is 0.548. The van der Waals surface area contributed by atoms with Crippen molar-refractivity contribution in [2.24, 2.45) is 5.73 Å². The first-order valence-electron chi connectivity index (χ1n) is 4.40. The highest BCUT2D eigenvalue weighted by Gasteiger charge is 2.11. The maximum Gasteiger partial charge on any atom is 0.144 e. The number of halogens is 1. The largest absolute Gasteiger partial charge is 0.367 e. The molecule has 5 heteroatoms. The average molecular weight is 259 g/mol. The summed E-state index contributed by atoms with van der Waals surface area (Å²) in [7, 11) is 0. The van der Waals surface area contributed by atoms with E-state index >= 15 is 0 Å². The van der Waals surface area contributed by atoms with Crippen molar-refractivity contribution in [2.75, 3.05) is 11.9 Å². The molecule has 0 bridgehead atoms. The van der Waals surface area contributed by atoms with Crippen LogP contribution < -0.4 is 11.1 Å². The maximum atomic E-state index is 5.85. The van der Waals surface area contributed by atoms with Crippen LogP contribution >= 0.6 is 15.9 Å². The zero-order valence-electron chi connectivity index (χ0n) is 8.63. The van der Waals surface area contributed by atoms with Gasteiger partial charge in [0.15, 0.2) is 0 Å². The van der Waals surface area contributed by atoms with Crippen LogP contribution in [-0.2, 0) is 0 Å². The molecule has 14 heavy (non-hydrogen) atoms.